The van der Waals surface area contributed by atoms with Crippen molar-refractivity contribution in [3.8, 4) is 11.8 Å². The van der Waals surface area contributed by atoms with E-state index in [-0.39, 0.29) is 23.2 Å². The zero-order valence-corrected chi connectivity index (χ0v) is 11.7. The Bertz CT molecular complexity index is 809. The summed E-state index contributed by atoms with van der Waals surface area (Å²) in [5.41, 5.74) is -1.09. The number of hydrogen-bond donors (Lipinski definition) is 2. The number of pyridine rings is 1. The first kappa shape index (κ1) is 16.4. The van der Waals surface area contributed by atoms with Gasteiger partial charge in [0.2, 0.25) is 5.56 Å². The molecule has 7 heteroatoms. The second-order valence-corrected chi connectivity index (χ2v) is 4.47. The first-order chi connectivity index (χ1) is 10.9. The van der Waals surface area contributed by atoms with E-state index in [9.17, 15) is 22.8 Å². The molecule has 23 heavy (non-hydrogen) atoms. The fraction of sp³-hybridized carbons (Fsp3) is 0.125. The minimum atomic E-state index is -4.48. The maximum absolute atomic E-state index is 12.8. The van der Waals surface area contributed by atoms with Gasteiger partial charge in [-0.25, -0.2) is 0 Å². The van der Waals surface area contributed by atoms with Crippen LogP contribution in [0.2, 0.25) is 0 Å². The van der Waals surface area contributed by atoms with Crippen LogP contribution >= 0.6 is 0 Å². The van der Waals surface area contributed by atoms with Crippen molar-refractivity contribution in [2.75, 3.05) is 6.54 Å². The molecule has 1 heterocycles. The molecule has 4 nitrogen and oxygen atoms in total. The van der Waals surface area contributed by atoms with Crippen LogP contribution in [-0.4, -0.2) is 17.4 Å². The van der Waals surface area contributed by atoms with Gasteiger partial charge in [0, 0.05) is 17.8 Å². The predicted molar refractivity (Wildman–Crippen MR) is 77.7 cm³/mol. The lowest BCUT2D eigenvalue weighted by molar-refractivity contribution is -0.137. The van der Waals surface area contributed by atoms with Gasteiger partial charge < -0.3 is 10.3 Å². The van der Waals surface area contributed by atoms with Crippen LogP contribution in [0, 0.1) is 11.8 Å². The molecule has 1 aromatic heterocycles. The van der Waals surface area contributed by atoms with Gasteiger partial charge in [-0.05, 0) is 18.2 Å². The third-order valence-electron chi connectivity index (χ3n) is 2.84. The first-order valence-electron chi connectivity index (χ1n) is 6.50. The maximum atomic E-state index is 12.8. The van der Waals surface area contributed by atoms with E-state index >= 15 is 0 Å². The Morgan fingerprint density at radius 2 is 1.91 bits per heavy atom. The maximum Gasteiger partial charge on any atom is 0.417 e. The number of alkyl halides is 3. The highest BCUT2D eigenvalue weighted by Gasteiger charge is 2.32. The van der Waals surface area contributed by atoms with Crippen molar-refractivity contribution < 1.29 is 18.0 Å². The van der Waals surface area contributed by atoms with Crippen LogP contribution in [0.25, 0.3) is 0 Å². The number of nitrogens with one attached hydrogen (secondary N) is 2. The molecule has 1 aromatic carbocycles. The lowest BCUT2D eigenvalue weighted by atomic mass is 10.1. The van der Waals surface area contributed by atoms with Crippen LogP contribution < -0.4 is 10.9 Å². The molecular formula is C16H11F3N2O2. The van der Waals surface area contributed by atoms with Crippen molar-refractivity contribution in [3.05, 3.63) is 69.6 Å². The van der Waals surface area contributed by atoms with Gasteiger partial charge in [-0.1, -0.05) is 24.0 Å². The van der Waals surface area contributed by atoms with Crippen LogP contribution in [-0.2, 0) is 6.18 Å². The Kier molecular flexibility index (Phi) is 4.86. The zero-order valence-electron chi connectivity index (χ0n) is 11.7. The summed E-state index contributed by atoms with van der Waals surface area (Å²) in [6.45, 7) is -0.121. The largest absolute Gasteiger partial charge is 0.417 e. The van der Waals surface area contributed by atoms with Gasteiger partial charge >= 0.3 is 6.18 Å². The van der Waals surface area contributed by atoms with E-state index in [2.05, 4.69) is 22.1 Å². The molecule has 0 fully saturated rings. The SMILES string of the molecule is O=C(NCC#Cc1ccccc1C(F)(F)F)c1ccc(=O)[nH]c1. The van der Waals surface area contributed by atoms with E-state index in [4.69, 9.17) is 0 Å². The Morgan fingerprint density at radius 1 is 1.17 bits per heavy atom. The van der Waals surface area contributed by atoms with Crippen LogP contribution in [0.5, 0.6) is 0 Å². The van der Waals surface area contributed by atoms with Crippen LogP contribution in [0.4, 0.5) is 13.2 Å². The van der Waals surface area contributed by atoms with E-state index in [1.54, 1.807) is 0 Å². The fourth-order valence-corrected chi connectivity index (χ4v) is 1.76. The molecule has 0 aliphatic carbocycles. The lowest BCUT2D eigenvalue weighted by Gasteiger charge is -2.08. The number of carbonyl (C=O) groups is 1. The second kappa shape index (κ2) is 6.83. The number of rotatable bonds is 2. The molecule has 0 spiro atoms. The smallest absolute Gasteiger partial charge is 0.341 e. The van der Waals surface area contributed by atoms with Gasteiger partial charge in [-0.2, -0.15) is 13.2 Å². The van der Waals surface area contributed by atoms with Crippen molar-refractivity contribution in [2.45, 2.75) is 6.18 Å². The van der Waals surface area contributed by atoms with Gasteiger partial charge in [0.25, 0.3) is 5.91 Å². The standard InChI is InChI=1S/C16H11F3N2O2/c17-16(18,19)13-6-2-1-4-11(13)5-3-9-20-15(23)12-7-8-14(22)21-10-12/h1-2,4,6-8,10H,9H2,(H,20,23)(H,21,22). The van der Waals surface area contributed by atoms with E-state index in [1.165, 1.54) is 36.5 Å². The molecule has 2 rings (SSSR count). The first-order valence-corrected chi connectivity index (χ1v) is 6.50. The molecule has 0 aliphatic rings. The third kappa shape index (κ3) is 4.48. The topological polar surface area (TPSA) is 62.0 Å². The average Bonchev–Trinajstić information content (AvgIpc) is 2.51. The monoisotopic (exact) mass is 320 g/mol. The molecule has 0 bridgehead atoms. The predicted octanol–water partition coefficient (Wildman–Crippen LogP) is 2.18. The Balaban J connectivity index is 2.03. The Morgan fingerprint density at radius 3 is 2.57 bits per heavy atom. The normalized spacial score (nSPS) is 10.6. The van der Waals surface area contributed by atoms with Crippen molar-refractivity contribution in [2.24, 2.45) is 0 Å². The lowest BCUT2D eigenvalue weighted by Crippen LogP contribution is -2.24. The quantitative estimate of drug-likeness (QED) is 0.833. The van der Waals surface area contributed by atoms with E-state index in [0.29, 0.717) is 0 Å². The summed E-state index contributed by atoms with van der Waals surface area (Å²) in [7, 11) is 0. The average molecular weight is 320 g/mol. The summed E-state index contributed by atoms with van der Waals surface area (Å²) in [6, 6.07) is 7.48. The molecule has 1 amide bonds. The van der Waals surface area contributed by atoms with E-state index < -0.39 is 17.6 Å². The highest BCUT2D eigenvalue weighted by atomic mass is 19.4. The second-order valence-electron chi connectivity index (χ2n) is 4.47. The van der Waals surface area contributed by atoms with Gasteiger partial charge in [0.1, 0.15) is 0 Å². The summed E-state index contributed by atoms with van der Waals surface area (Å²) >= 11 is 0. The minimum absolute atomic E-state index is 0.121. The number of aromatic amines is 1. The minimum Gasteiger partial charge on any atom is -0.341 e. The molecule has 2 N–H and O–H groups in total. The summed E-state index contributed by atoms with van der Waals surface area (Å²) < 4.78 is 38.3. The van der Waals surface area contributed by atoms with Gasteiger partial charge in [-0.15, -0.1) is 0 Å². The van der Waals surface area contributed by atoms with Crippen LogP contribution in [0.15, 0.2) is 47.4 Å². The molecule has 118 valence electrons. The van der Waals surface area contributed by atoms with Crippen LogP contribution in [0.3, 0.4) is 0 Å². The van der Waals surface area contributed by atoms with Crippen molar-refractivity contribution in [1.82, 2.24) is 10.3 Å². The molecule has 0 radical (unpaired) electrons. The summed E-state index contributed by atoms with van der Waals surface area (Å²) in [6.07, 6.45) is -3.24. The Hall–Kier alpha value is -3.01. The number of amides is 1. The molecule has 0 unspecified atom stereocenters. The van der Waals surface area contributed by atoms with Gasteiger partial charge in [0.15, 0.2) is 0 Å². The zero-order chi connectivity index (χ0) is 16.9. The van der Waals surface area contributed by atoms with Crippen molar-refractivity contribution >= 4 is 5.91 Å². The number of aromatic nitrogens is 1. The number of H-pyrrole nitrogens is 1. The fourth-order valence-electron chi connectivity index (χ4n) is 1.76. The van der Waals surface area contributed by atoms with Crippen LogP contribution in [0.1, 0.15) is 21.5 Å². The van der Waals surface area contributed by atoms with Gasteiger partial charge in [0.05, 0.1) is 17.7 Å². The van der Waals surface area contributed by atoms with Gasteiger partial charge in [-0.3, -0.25) is 9.59 Å². The third-order valence-corrected chi connectivity index (χ3v) is 2.84. The number of carbonyl (C=O) groups excluding carboxylic acids is 1. The number of benzene rings is 1. The van der Waals surface area contributed by atoms with Crippen molar-refractivity contribution in [3.63, 3.8) is 0 Å². The summed E-state index contributed by atoms with van der Waals surface area (Å²) in [4.78, 5) is 24.9. The number of halogens is 3. The Labute approximate surface area is 129 Å². The van der Waals surface area contributed by atoms with E-state index in [1.807, 2.05) is 0 Å². The molecule has 0 aliphatic heterocycles. The highest BCUT2D eigenvalue weighted by Crippen LogP contribution is 2.31. The molecule has 0 atom stereocenters. The number of hydrogen-bond acceptors (Lipinski definition) is 2. The molecule has 2 aromatic rings. The highest BCUT2D eigenvalue weighted by molar-refractivity contribution is 5.93. The molecular weight excluding hydrogens is 309 g/mol. The summed E-state index contributed by atoms with van der Waals surface area (Å²) in [5.74, 6) is 4.38. The van der Waals surface area contributed by atoms with Crippen molar-refractivity contribution in [1.29, 1.82) is 0 Å². The molecule has 0 saturated heterocycles. The van der Waals surface area contributed by atoms with E-state index in [0.717, 1.165) is 6.07 Å². The summed E-state index contributed by atoms with van der Waals surface area (Å²) in [5, 5.41) is 2.43. The molecule has 0 saturated carbocycles.